The van der Waals surface area contributed by atoms with Gasteiger partial charge in [0.15, 0.2) is 5.82 Å². The Bertz CT molecular complexity index is 816. The Morgan fingerprint density at radius 3 is 2.76 bits per heavy atom. The molecule has 0 radical (unpaired) electrons. The number of H-pyrrole nitrogens is 1. The fourth-order valence-corrected chi connectivity index (χ4v) is 3.33. The van der Waals surface area contributed by atoms with E-state index in [1.165, 1.54) is 0 Å². The molecule has 0 saturated carbocycles. The van der Waals surface area contributed by atoms with E-state index in [0.717, 1.165) is 30.4 Å². The van der Waals surface area contributed by atoms with Crippen LogP contribution in [0.25, 0.3) is 22.4 Å². The summed E-state index contributed by atoms with van der Waals surface area (Å²) in [6, 6.07) is 13.7. The summed E-state index contributed by atoms with van der Waals surface area (Å²) in [5.41, 5.74) is 9.80. The van der Waals surface area contributed by atoms with Gasteiger partial charge >= 0.3 is 0 Å². The highest BCUT2D eigenvalue weighted by Gasteiger charge is 2.17. The minimum Gasteiger partial charge on any atom is -0.382 e. The maximum atomic E-state index is 6.09. The molecule has 0 fully saturated rings. The van der Waals surface area contributed by atoms with Crippen LogP contribution in [0.5, 0.6) is 0 Å². The zero-order valence-electron chi connectivity index (χ0n) is 10.7. The second kappa shape index (κ2) is 5.98. The molecule has 0 bridgehead atoms. The molecule has 1 heterocycles. The Morgan fingerprint density at radius 1 is 1.19 bits per heavy atom. The summed E-state index contributed by atoms with van der Waals surface area (Å²) in [5.74, 6) is 0.461. The molecular formula is C15H10BrClIN3. The molecule has 0 aliphatic carbocycles. The summed E-state index contributed by atoms with van der Waals surface area (Å²) in [5, 5.41) is 7.86. The molecule has 0 amide bonds. The van der Waals surface area contributed by atoms with Gasteiger partial charge in [0.1, 0.15) is 0 Å². The Hall–Kier alpha value is -1.05. The van der Waals surface area contributed by atoms with Crippen LogP contribution in [0.4, 0.5) is 5.82 Å². The standard InChI is InChI=1S/C15H10BrClIN3/c16-9-4-5-12(18)11(7-9)14-13(15(19)21-20-14)8-2-1-3-10(17)6-8/h1-7H,(H3,19,20,21). The van der Waals surface area contributed by atoms with Gasteiger partial charge in [-0.1, -0.05) is 39.7 Å². The number of nitrogen functional groups attached to an aromatic ring is 1. The molecule has 3 nitrogen and oxygen atoms in total. The highest BCUT2D eigenvalue weighted by molar-refractivity contribution is 14.1. The van der Waals surface area contributed by atoms with Crippen molar-refractivity contribution in [3.05, 3.63) is 55.5 Å². The summed E-state index contributed by atoms with van der Waals surface area (Å²) >= 11 is 11.9. The predicted octanol–water partition coefficient (Wildman–Crippen LogP) is 5.35. The van der Waals surface area contributed by atoms with Gasteiger partial charge in [0.25, 0.3) is 0 Å². The molecular weight excluding hydrogens is 464 g/mol. The molecule has 0 unspecified atom stereocenters. The molecule has 0 saturated heterocycles. The molecule has 0 atom stereocenters. The van der Waals surface area contributed by atoms with Crippen molar-refractivity contribution in [2.45, 2.75) is 0 Å². The number of nitrogens with zero attached hydrogens (tertiary/aromatic N) is 1. The van der Waals surface area contributed by atoms with Gasteiger partial charge in [0.05, 0.1) is 11.3 Å². The van der Waals surface area contributed by atoms with E-state index in [1.807, 2.05) is 42.5 Å². The fraction of sp³-hybridized carbons (Fsp3) is 0. The lowest BCUT2D eigenvalue weighted by atomic mass is 10.0. The van der Waals surface area contributed by atoms with Gasteiger partial charge in [-0.3, -0.25) is 5.10 Å². The van der Waals surface area contributed by atoms with Crippen LogP contribution >= 0.6 is 50.1 Å². The lowest BCUT2D eigenvalue weighted by molar-refractivity contribution is 1.10. The largest absolute Gasteiger partial charge is 0.382 e. The zero-order chi connectivity index (χ0) is 15.0. The third-order valence-corrected chi connectivity index (χ3v) is 4.77. The van der Waals surface area contributed by atoms with Crippen molar-refractivity contribution < 1.29 is 0 Å². The first-order valence-corrected chi connectivity index (χ1v) is 8.36. The van der Waals surface area contributed by atoms with Gasteiger partial charge in [-0.2, -0.15) is 5.10 Å². The maximum Gasteiger partial charge on any atom is 0.153 e. The smallest absolute Gasteiger partial charge is 0.153 e. The number of benzene rings is 2. The molecule has 21 heavy (non-hydrogen) atoms. The van der Waals surface area contributed by atoms with Crippen LogP contribution in [0.1, 0.15) is 0 Å². The van der Waals surface area contributed by atoms with Gasteiger partial charge in [-0.15, -0.1) is 0 Å². The van der Waals surface area contributed by atoms with E-state index in [4.69, 9.17) is 17.3 Å². The molecule has 1 aromatic heterocycles. The first-order chi connectivity index (χ1) is 10.1. The van der Waals surface area contributed by atoms with E-state index in [2.05, 4.69) is 48.7 Å². The number of aromatic amines is 1. The first kappa shape index (κ1) is 14.9. The molecule has 3 N–H and O–H groups in total. The van der Waals surface area contributed by atoms with Crippen LogP contribution in [0, 0.1) is 3.57 Å². The van der Waals surface area contributed by atoms with E-state index in [9.17, 15) is 0 Å². The second-order valence-electron chi connectivity index (χ2n) is 4.49. The van der Waals surface area contributed by atoms with Gasteiger partial charge < -0.3 is 5.73 Å². The average Bonchev–Trinajstić information content (AvgIpc) is 2.83. The third-order valence-electron chi connectivity index (χ3n) is 3.11. The van der Waals surface area contributed by atoms with Crippen molar-refractivity contribution in [3.8, 4) is 22.4 Å². The van der Waals surface area contributed by atoms with Crippen molar-refractivity contribution in [1.82, 2.24) is 10.2 Å². The van der Waals surface area contributed by atoms with Crippen LogP contribution < -0.4 is 5.73 Å². The molecule has 0 aliphatic rings. The third kappa shape index (κ3) is 2.95. The number of hydrogen-bond donors (Lipinski definition) is 2. The highest BCUT2D eigenvalue weighted by atomic mass is 127. The number of anilines is 1. The summed E-state index contributed by atoms with van der Waals surface area (Å²) in [4.78, 5) is 0. The van der Waals surface area contributed by atoms with Crippen LogP contribution in [0.3, 0.4) is 0 Å². The Kier molecular flexibility index (Phi) is 4.24. The summed E-state index contributed by atoms with van der Waals surface area (Å²) in [6.07, 6.45) is 0. The maximum absolute atomic E-state index is 6.09. The number of aromatic nitrogens is 2. The van der Waals surface area contributed by atoms with Gasteiger partial charge in [-0.25, -0.2) is 0 Å². The number of nitrogens with two attached hydrogens (primary N) is 1. The Labute approximate surface area is 149 Å². The van der Waals surface area contributed by atoms with Crippen LogP contribution in [-0.4, -0.2) is 10.2 Å². The van der Waals surface area contributed by atoms with Crippen molar-refractivity contribution in [3.63, 3.8) is 0 Å². The van der Waals surface area contributed by atoms with E-state index < -0.39 is 0 Å². The SMILES string of the molecule is Nc1n[nH]c(-c2cc(Br)ccc2I)c1-c1cccc(Cl)c1. The molecule has 0 spiro atoms. The minimum atomic E-state index is 0.461. The van der Waals surface area contributed by atoms with E-state index >= 15 is 0 Å². The van der Waals surface area contributed by atoms with Crippen LogP contribution in [0.15, 0.2) is 46.9 Å². The van der Waals surface area contributed by atoms with E-state index in [-0.39, 0.29) is 0 Å². The van der Waals surface area contributed by atoms with Crippen molar-refractivity contribution in [1.29, 1.82) is 0 Å². The predicted molar refractivity (Wildman–Crippen MR) is 99.3 cm³/mol. The second-order valence-corrected chi connectivity index (χ2v) is 7.01. The molecule has 2 aromatic carbocycles. The Morgan fingerprint density at radius 2 is 2.00 bits per heavy atom. The number of rotatable bonds is 2. The van der Waals surface area contributed by atoms with Crippen LogP contribution in [-0.2, 0) is 0 Å². The van der Waals surface area contributed by atoms with Crippen molar-refractivity contribution in [2.24, 2.45) is 0 Å². The molecule has 3 rings (SSSR count). The summed E-state index contributed by atoms with van der Waals surface area (Å²) in [7, 11) is 0. The lowest BCUT2D eigenvalue weighted by Gasteiger charge is -2.08. The highest BCUT2D eigenvalue weighted by Crippen LogP contribution is 2.38. The number of nitrogens with one attached hydrogen (secondary N) is 1. The average molecular weight is 475 g/mol. The molecule has 0 aliphatic heterocycles. The summed E-state index contributed by atoms with van der Waals surface area (Å²) in [6.45, 7) is 0. The molecule has 3 aromatic rings. The van der Waals surface area contributed by atoms with Crippen molar-refractivity contribution >= 4 is 55.9 Å². The van der Waals surface area contributed by atoms with Gasteiger partial charge in [-0.05, 0) is 58.5 Å². The zero-order valence-corrected chi connectivity index (χ0v) is 15.2. The van der Waals surface area contributed by atoms with Crippen LogP contribution in [0.2, 0.25) is 5.02 Å². The Balaban J connectivity index is 2.24. The monoisotopic (exact) mass is 473 g/mol. The first-order valence-electron chi connectivity index (χ1n) is 6.11. The van der Waals surface area contributed by atoms with Gasteiger partial charge in [0.2, 0.25) is 0 Å². The minimum absolute atomic E-state index is 0.461. The molecule has 106 valence electrons. The summed E-state index contributed by atoms with van der Waals surface area (Å²) < 4.78 is 2.12. The van der Waals surface area contributed by atoms with Gasteiger partial charge in [0, 0.05) is 18.6 Å². The molecule has 6 heteroatoms. The van der Waals surface area contributed by atoms with E-state index in [1.54, 1.807) is 0 Å². The topological polar surface area (TPSA) is 54.7 Å². The normalized spacial score (nSPS) is 10.8. The van der Waals surface area contributed by atoms with Crippen molar-refractivity contribution in [2.75, 3.05) is 5.73 Å². The lowest BCUT2D eigenvalue weighted by Crippen LogP contribution is -1.90. The number of hydrogen-bond acceptors (Lipinski definition) is 2. The quantitative estimate of drug-likeness (QED) is 0.492. The number of halogens is 3. The van der Waals surface area contributed by atoms with E-state index in [0.29, 0.717) is 10.8 Å². The fourth-order valence-electron chi connectivity index (χ4n) is 2.18.